The number of aromatic hydroxyl groups is 1. The number of ketones is 1. The third-order valence-corrected chi connectivity index (χ3v) is 2.22. The van der Waals surface area contributed by atoms with Crippen molar-refractivity contribution in [1.82, 2.24) is 5.32 Å². The summed E-state index contributed by atoms with van der Waals surface area (Å²) in [6, 6.07) is 1.25. The number of halogens is 1. The van der Waals surface area contributed by atoms with Crippen LogP contribution in [0.25, 0.3) is 0 Å². The summed E-state index contributed by atoms with van der Waals surface area (Å²) in [4.78, 5) is 11.6. The number of ether oxygens (including phenoxy) is 2. The first-order valence-electron chi connectivity index (χ1n) is 4.88. The maximum absolute atomic E-state index is 13.7. The molecule has 0 aromatic heterocycles. The van der Waals surface area contributed by atoms with Crippen LogP contribution in [0.2, 0.25) is 0 Å². The van der Waals surface area contributed by atoms with Gasteiger partial charge in [-0.3, -0.25) is 4.79 Å². The van der Waals surface area contributed by atoms with Crippen LogP contribution in [0.1, 0.15) is 10.4 Å². The Morgan fingerprint density at radius 2 is 2.12 bits per heavy atom. The van der Waals surface area contributed by atoms with E-state index in [-0.39, 0.29) is 23.6 Å². The first-order valence-corrected chi connectivity index (χ1v) is 4.88. The van der Waals surface area contributed by atoms with Gasteiger partial charge in [0, 0.05) is 0 Å². The zero-order chi connectivity index (χ0) is 13.0. The lowest BCUT2D eigenvalue weighted by atomic mass is 10.1. The van der Waals surface area contributed by atoms with E-state index in [0.717, 1.165) is 0 Å². The highest BCUT2D eigenvalue weighted by Gasteiger charge is 2.22. The predicted octanol–water partition coefficient (Wildman–Crippen LogP) is 0.951. The van der Waals surface area contributed by atoms with Gasteiger partial charge in [-0.25, -0.2) is 0 Å². The van der Waals surface area contributed by atoms with Gasteiger partial charge in [0.05, 0.1) is 26.3 Å². The number of carbonyl (C=O) groups is 1. The lowest BCUT2D eigenvalue weighted by molar-refractivity contribution is 0.0989. The summed E-state index contributed by atoms with van der Waals surface area (Å²) in [7, 11) is 4.14. The molecule has 0 bridgehead atoms. The van der Waals surface area contributed by atoms with Crippen molar-refractivity contribution >= 4 is 5.78 Å². The van der Waals surface area contributed by atoms with E-state index >= 15 is 0 Å². The number of carbonyl (C=O) groups excluding carboxylic acids is 1. The smallest absolute Gasteiger partial charge is 0.211 e. The molecule has 1 rings (SSSR count). The summed E-state index contributed by atoms with van der Waals surface area (Å²) in [6.07, 6.45) is 0. The van der Waals surface area contributed by atoms with Gasteiger partial charge in [-0.2, -0.15) is 4.39 Å². The Bertz CT molecular complexity index is 434. The molecule has 0 aliphatic rings. The van der Waals surface area contributed by atoms with Crippen LogP contribution < -0.4 is 14.8 Å². The fourth-order valence-corrected chi connectivity index (χ4v) is 1.41. The second-order valence-electron chi connectivity index (χ2n) is 3.28. The van der Waals surface area contributed by atoms with Crippen molar-refractivity contribution in [2.24, 2.45) is 0 Å². The highest BCUT2D eigenvalue weighted by Crippen LogP contribution is 2.38. The zero-order valence-electron chi connectivity index (χ0n) is 9.83. The Hall–Kier alpha value is -1.82. The molecule has 1 aromatic rings. The van der Waals surface area contributed by atoms with E-state index in [0.29, 0.717) is 0 Å². The highest BCUT2D eigenvalue weighted by atomic mass is 19.1. The summed E-state index contributed by atoms with van der Waals surface area (Å²) in [5.41, 5.74) is -0.144. The normalized spacial score (nSPS) is 10.1. The Kier molecular flexibility index (Phi) is 4.28. The molecule has 0 unspecified atom stereocenters. The van der Waals surface area contributed by atoms with Gasteiger partial charge in [0.25, 0.3) is 0 Å². The number of Topliss-reactive ketones (excluding diaryl/α,β-unsaturated/α-hetero) is 1. The molecule has 0 aliphatic heterocycles. The van der Waals surface area contributed by atoms with Crippen LogP contribution in [0.3, 0.4) is 0 Å². The second-order valence-corrected chi connectivity index (χ2v) is 3.28. The first kappa shape index (κ1) is 13.2. The molecule has 1 aromatic carbocycles. The van der Waals surface area contributed by atoms with Crippen molar-refractivity contribution < 1.29 is 23.8 Å². The number of phenolic OH excluding ortho intramolecular Hbond substituents is 1. The molecule has 0 heterocycles. The van der Waals surface area contributed by atoms with Crippen LogP contribution in [-0.2, 0) is 0 Å². The summed E-state index contributed by atoms with van der Waals surface area (Å²) in [6.45, 7) is -0.0114. The summed E-state index contributed by atoms with van der Waals surface area (Å²) in [5, 5.41) is 12.2. The number of benzene rings is 1. The number of likely N-dealkylation sites (N-methyl/N-ethyl adjacent to an activating group) is 1. The molecule has 0 aliphatic carbocycles. The van der Waals surface area contributed by atoms with Gasteiger partial charge in [0.2, 0.25) is 11.6 Å². The largest absolute Gasteiger partial charge is 0.504 e. The Labute approximate surface area is 98.2 Å². The highest BCUT2D eigenvalue weighted by molar-refractivity contribution is 6.00. The van der Waals surface area contributed by atoms with E-state index in [1.807, 2.05) is 0 Å². The van der Waals surface area contributed by atoms with E-state index in [4.69, 9.17) is 9.47 Å². The van der Waals surface area contributed by atoms with Crippen LogP contribution in [0.5, 0.6) is 17.2 Å². The second kappa shape index (κ2) is 5.49. The SMILES string of the molecule is CNCC(=O)c1cc(OC)c(OC)c(F)c1O. The fraction of sp³-hybridized carbons (Fsp3) is 0.364. The van der Waals surface area contributed by atoms with Crippen molar-refractivity contribution in [3.63, 3.8) is 0 Å². The van der Waals surface area contributed by atoms with E-state index < -0.39 is 17.3 Å². The molecular formula is C11H14FNO4. The number of rotatable bonds is 5. The minimum Gasteiger partial charge on any atom is -0.504 e. The molecule has 2 N–H and O–H groups in total. The molecular weight excluding hydrogens is 229 g/mol. The first-order chi connectivity index (χ1) is 8.06. The number of nitrogens with one attached hydrogen (secondary N) is 1. The Morgan fingerprint density at radius 1 is 1.47 bits per heavy atom. The number of phenols is 1. The molecule has 0 saturated carbocycles. The maximum atomic E-state index is 13.7. The minimum absolute atomic E-state index is 0.0114. The van der Waals surface area contributed by atoms with Crippen LogP contribution in [0, 0.1) is 5.82 Å². The monoisotopic (exact) mass is 243 g/mol. The van der Waals surface area contributed by atoms with Crippen LogP contribution in [-0.4, -0.2) is 38.7 Å². The third-order valence-electron chi connectivity index (χ3n) is 2.22. The molecule has 17 heavy (non-hydrogen) atoms. The Morgan fingerprint density at radius 3 is 2.59 bits per heavy atom. The molecule has 5 nitrogen and oxygen atoms in total. The summed E-state index contributed by atoms with van der Waals surface area (Å²) >= 11 is 0. The molecule has 0 saturated heterocycles. The van der Waals surface area contributed by atoms with Crippen LogP contribution in [0.4, 0.5) is 4.39 Å². The lowest BCUT2D eigenvalue weighted by Crippen LogP contribution is -2.19. The molecule has 0 amide bonds. The quantitative estimate of drug-likeness (QED) is 0.754. The van der Waals surface area contributed by atoms with E-state index in [1.165, 1.54) is 20.3 Å². The van der Waals surface area contributed by atoms with Crippen molar-refractivity contribution in [1.29, 1.82) is 0 Å². The van der Waals surface area contributed by atoms with E-state index in [2.05, 4.69) is 5.32 Å². The number of methoxy groups -OCH3 is 2. The maximum Gasteiger partial charge on any atom is 0.211 e. The molecule has 94 valence electrons. The van der Waals surface area contributed by atoms with Gasteiger partial charge in [-0.1, -0.05) is 0 Å². The number of hydrogen-bond donors (Lipinski definition) is 2. The van der Waals surface area contributed by atoms with Gasteiger partial charge in [-0.05, 0) is 13.1 Å². The lowest BCUT2D eigenvalue weighted by Gasteiger charge is -2.12. The summed E-state index contributed by atoms with van der Waals surface area (Å²) < 4.78 is 23.3. The Balaban J connectivity index is 3.34. The van der Waals surface area contributed by atoms with E-state index in [1.54, 1.807) is 7.05 Å². The standard InChI is InChI=1S/C11H14FNO4/c1-13-5-7(14)6-4-8(16-2)11(17-3)9(12)10(6)15/h4,13,15H,5H2,1-3H3. The average molecular weight is 243 g/mol. The van der Waals surface area contributed by atoms with Gasteiger partial charge in [-0.15, -0.1) is 0 Å². The fourth-order valence-electron chi connectivity index (χ4n) is 1.41. The van der Waals surface area contributed by atoms with Crippen molar-refractivity contribution in [3.05, 3.63) is 17.4 Å². The van der Waals surface area contributed by atoms with Crippen molar-refractivity contribution in [3.8, 4) is 17.2 Å². The molecule has 0 atom stereocenters. The van der Waals surface area contributed by atoms with Crippen LogP contribution >= 0.6 is 0 Å². The van der Waals surface area contributed by atoms with Gasteiger partial charge in [0.15, 0.2) is 17.3 Å². The van der Waals surface area contributed by atoms with Gasteiger partial charge in [0.1, 0.15) is 0 Å². The average Bonchev–Trinajstić information content (AvgIpc) is 2.32. The summed E-state index contributed by atoms with van der Waals surface area (Å²) in [5.74, 6) is -2.35. The zero-order valence-corrected chi connectivity index (χ0v) is 9.83. The molecule has 6 heteroatoms. The third kappa shape index (κ3) is 2.47. The van der Waals surface area contributed by atoms with Crippen molar-refractivity contribution in [2.75, 3.05) is 27.8 Å². The van der Waals surface area contributed by atoms with Gasteiger partial charge < -0.3 is 19.9 Å². The molecule has 0 fully saturated rings. The van der Waals surface area contributed by atoms with E-state index in [9.17, 15) is 14.3 Å². The van der Waals surface area contributed by atoms with Crippen molar-refractivity contribution in [2.45, 2.75) is 0 Å². The minimum atomic E-state index is -1.01. The molecule has 0 spiro atoms. The predicted molar refractivity (Wildman–Crippen MR) is 59.4 cm³/mol. The van der Waals surface area contributed by atoms with Crippen LogP contribution in [0.15, 0.2) is 6.07 Å². The molecule has 0 radical (unpaired) electrons. The van der Waals surface area contributed by atoms with Gasteiger partial charge >= 0.3 is 0 Å². The number of hydrogen-bond acceptors (Lipinski definition) is 5. The topological polar surface area (TPSA) is 67.8 Å².